The molecule has 1 aromatic carbocycles. The molecule has 0 radical (unpaired) electrons. The van der Waals surface area contributed by atoms with Gasteiger partial charge in [0.05, 0.1) is 23.4 Å². The summed E-state index contributed by atoms with van der Waals surface area (Å²) in [5.41, 5.74) is 1.15. The molecule has 0 fully saturated rings. The number of carbonyl (C=O) groups is 1. The number of rotatable bonds is 8. The summed E-state index contributed by atoms with van der Waals surface area (Å²) >= 11 is 3.00. The third-order valence-corrected chi connectivity index (χ3v) is 6.23. The van der Waals surface area contributed by atoms with E-state index in [9.17, 15) is 4.79 Å². The maximum atomic E-state index is 12.5. The van der Waals surface area contributed by atoms with Gasteiger partial charge in [0, 0.05) is 12.1 Å². The number of anilines is 1. The van der Waals surface area contributed by atoms with Gasteiger partial charge in [0.2, 0.25) is 5.91 Å². The number of hydrogen-bond acceptors (Lipinski definition) is 6. The second-order valence-electron chi connectivity index (χ2n) is 6.95. The summed E-state index contributed by atoms with van der Waals surface area (Å²) in [7, 11) is 0. The van der Waals surface area contributed by atoms with Crippen molar-refractivity contribution >= 4 is 34.8 Å². The van der Waals surface area contributed by atoms with E-state index >= 15 is 0 Å². The number of thiophene rings is 1. The lowest BCUT2D eigenvalue weighted by Gasteiger charge is -2.12. The zero-order chi connectivity index (χ0) is 20.9. The Bertz CT molecular complexity index is 1100. The SMILES string of the molecule is CC(C)n1nccc1NC(=O)CSc1nnc(-c2cccs2)n1Cc1ccccc1. The summed E-state index contributed by atoms with van der Waals surface area (Å²) in [5.74, 6) is 1.64. The molecule has 0 bridgehead atoms. The maximum absolute atomic E-state index is 12.5. The molecule has 3 aromatic heterocycles. The van der Waals surface area contributed by atoms with Crippen LogP contribution in [0.4, 0.5) is 5.82 Å². The lowest BCUT2D eigenvalue weighted by molar-refractivity contribution is -0.113. The zero-order valence-corrected chi connectivity index (χ0v) is 18.4. The Balaban J connectivity index is 1.51. The van der Waals surface area contributed by atoms with E-state index in [-0.39, 0.29) is 17.7 Å². The first kappa shape index (κ1) is 20.4. The summed E-state index contributed by atoms with van der Waals surface area (Å²) in [6, 6.07) is 16.2. The number of benzene rings is 1. The van der Waals surface area contributed by atoms with Gasteiger partial charge < -0.3 is 5.32 Å². The fraction of sp³-hybridized carbons (Fsp3) is 0.238. The van der Waals surface area contributed by atoms with Crippen LogP contribution in [0, 0.1) is 0 Å². The van der Waals surface area contributed by atoms with Crippen LogP contribution in [0.3, 0.4) is 0 Å². The summed E-state index contributed by atoms with van der Waals surface area (Å²) in [6.45, 7) is 4.69. The van der Waals surface area contributed by atoms with E-state index in [4.69, 9.17) is 0 Å². The molecule has 7 nitrogen and oxygen atoms in total. The summed E-state index contributed by atoms with van der Waals surface area (Å²) in [4.78, 5) is 13.6. The van der Waals surface area contributed by atoms with Crippen molar-refractivity contribution in [1.82, 2.24) is 24.5 Å². The standard InChI is InChI=1S/C21H22N6OS2/c1-15(2)27-18(10-11-22-27)23-19(28)14-30-21-25-24-20(17-9-6-12-29-17)26(21)13-16-7-4-3-5-8-16/h3-12,15H,13-14H2,1-2H3,(H,23,28). The van der Waals surface area contributed by atoms with Gasteiger partial charge in [-0.25, -0.2) is 4.68 Å². The van der Waals surface area contributed by atoms with E-state index in [1.54, 1.807) is 28.3 Å². The second-order valence-corrected chi connectivity index (χ2v) is 8.84. The Hall–Kier alpha value is -2.91. The van der Waals surface area contributed by atoms with Gasteiger partial charge in [-0.05, 0) is 30.9 Å². The lowest BCUT2D eigenvalue weighted by Crippen LogP contribution is -2.18. The molecule has 0 atom stereocenters. The molecule has 1 N–H and O–H groups in total. The minimum absolute atomic E-state index is 0.102. The molecular formula is C21H22N6OS2. The van der Waals surface area contributed by atoms with Crippen LogP contribution in [-0.4, -0.2) is 36.2 Å². The van der Waals surface area contributed by atoms with Crippen LogP contribution in [0.15, 0.2) is 65.3 Å². The minimum atomic E-state index is -0.102. The van der Waals surface area contributed by atoms with Gasteiger partial charge in [-0.1, -0.05) is 48.2 Å². The first-order chi connectivity index (χ1) is 14.6. The van der Waals surface area contributed by atoms with Crippen LogP contribution in [0.25, 0.3) is 10.7 Å². The molecular weight excluding hydrogens is 416 g/mol. The highest BCUT2D eigenvalue weighted by Crippen LogP contribution is 2.28. The Kier molecular flexibility index (Phi) is 6.29. The Labute approximate surface area is 183 Å². The highest BCUT2D eigenvalue weighted by Gasteiger charge is 2.17. The molecule has 30 heavy (non-hydrogen) atoms. The fourth-order valence-corrected chi connectivity index (χ4v) is 4.48. The molecule has 9 heteroatoms. The Morgan fingerprint density at radius 2 is 1.97 bits per heavy atom. The average Bonchev–Trinajstić information content (AvgIpc) is 3.48. The summed E-state index contributed by atoms with van der Waals surface area (Å²) in [6.07, 6.45) is 1.69. The van der Waals surface area contributed by atoms with Crippen molar-refractivity contribution in [3.05, 3.63) is 65.7 Å². The highest BCUT2D eigenvalue weighted by molar-refractivity contribution is 7.99. The normalized spacial score (nSPS) is 11.2. The van der Waals surface area contributed by atoms with E-state index in [1.165, 1.54) is 11.8 Å². The first-order valence-electron chi connectivity index (χ1n) is 9.59. The second kappa shape index (κ2) is 9.27. The molecule has 0 unspecified atom stereocenters. The van der Waals surface area contributed by atoms with E-state index in [1.807, 2.05) is 49.6 Å². The van der Waals surface area contributed by atoms with Crippen molar-refractivity contribution in [2.45, 2.75) is 31.6 Å². The molecule has 0 saturated heterocycles. The number of thioether (sulfide) groups is 1. The van der Waals surface area contributed by atoms with Crippen LogP contribution < -0.4 is 5.32 Å². The molecule has 4 aromatic rings. The van der Waals surface area contributed by atoms with E-state index in [0.29, 0.717) is 12.4 Å². The number of nitrogens with zero attached hydrogens (tertiary/aromatic N) is 5. The predicted molar refractivity (Wildman–Crippen MR) is 121 cm³/mol. The molecule has 0 aliphatic carbocycles. The largest absolute Gasteiger partial charge is 0.310 e. The molecule has 0 aliphatic rings. The topological polar surface area (TPSA) is 77.6 Å². The van der Waals surface area contributed by atoms with Crippen molar-refractivity contribution in [1.29, 1.82) is 0 Å². The van der Waals surface area contributed by atoms with Crippen molar-refractivity contribution in [3.8, 4) is 10.7 Å². The third kappa shape index (κ3) is 4.63. The minimum Gasteiger partial charge on any atom is -0.310 e. The van der Waals surface area contributed by atoms with Gasteiger partial charge in [0.25, 0.3) is 0 Å². The monoisotopic (exact) mass is 438 g/mol. The summed E-state index contributed by atoms with van der Waals surface area (Å²) < 4.78 is 3.85. The van der Waals surface area contributed by atoms with E-state index in [0.717, 1.165) is 21.4 Å². The maximum Gasteiger partial charge on any atom is 0.235 e. The molecule has 0 saturated carbocycles. The third-order valence-electron chi connectivity index (χ3n) is 4.40. The van der Waals surface area contributed by atoms with Crippen LogP contribution >= 0.6 is 23.1 Å². The van der Waals surface area contributed by atoms with Crippen molar-refractivity contribution < 1.29 is 4.79 Å². The highest BCUT2D eigenvalue weighted by atomic mass is 32.2. The number of aromatic nitrogens is 5. The predicted octanol–water partition coefficient (Wildman–Crippen LogP) is 4.56. The van der Waals surface area contributed by atoms with Gasteiger partial charge in [-0.2, -0.15) is 5.10 Å². The average molecular weight is 439 g/mol. The Morgan fingerprint density at radius 3 is 2.70 bits per heavy atom. The van der Waals surface area contributed by atoms with Crippen molar-refractivity contribution in [3.63, 3.8) is 0 Å². The quantitative estimate of drug-likeness (QED) is 0.408. The molecule has 0 aliphatic heterocycles. The molecule has 3 heterocycles. The van der Waals surface area contributed by atoms with E-state index < -0.39 is 0 Å². The number of amides is 1. The van der Waals surface area contributed by atoms with Crippen LogP contribution in [0.5, 0.6) is 0 Å². The van der Waals surface area contributed by atoms with Crippen LogP contribution in [-0.2, 0) is 11.3 Å². The number of nitrogens with one attached hydrogen (secondary N) is 1. The first-order valence-corrected chi connectivity index (χ1v) is 11.5. The number of carbonyl (C=O) groups excluding carboxylic acids is 1. The van der Waals surface area contributed by atoms with Crippen molar-refractivity contribution in [2.24, 2.45) is 0 Å². The van der Waals surface area contributed by atoms with Crippen LogP contribution in [0.1, 0.15) is 25.5 Å². The molecule has 1 amide bonds. The zero-order valence-electron chi connectivity index (χ0n) is 16.7. The Morgan fingerprint density at radius 1 is 1.13 bits per heavy atom. The fourth-order valence-electron chi connectivity index (χ4n) is 3.03. The van der Waals surface area contributed by atoms with Gasteiger partial charge in [0.15, 0.2) is 11.0 Å². The van der Waals surface area contributed by atoms with Gasteiger partial charge in [-0.15, -0.1) is 21.5 Å². The summed E-state index contributed by atoms with van der Waals surface area (Å²) in [5, 5.41) is 18.7. The van der Waals surface area contributed by atoms with Crippen molar-refractivity contribution in [2.75, 3.05) is 11.1 Å². The molecule has 154 valence electrons. The van der Waals surface area contributed by atoms with Gasteiger partial charge in [-0.3, -0.25) is 9.36 Å². The number of hydrogen-bond donors (Lipinski definition) is 1. The van der Waals surface area contributed by atoms with Crippen LogP contribution in [0.2, 0.25) is 0 Å². The lowest BCUT2D eigenvalue weighted by atomic mass is 10.2. The molecule has 0 spiro atoms. The molecule has 4 rings (SSSR count). The van der Waals surface area contributed by atoms with Gasteiger partial charge in [0.1, 0.15) is 5.82 Å². The smallest absolute Gasteiger partial charge is 0.235 e. The van der Waals surface area contributed by atoms with Gasteiger partial charge >= 0.3 is 0 Å². The van der Waals surface area contributed by atoms with E-state index in [2.05, 4.69) is 37.3 Å².